The van der Waals surface area contributed by atoms with Crippen LogP contribution in [-0.4, -0.2) is 55.3 Å². The maximum atomic E-state index is 13.5. The minimum Gasteiger partial charge on any atom is -0.493 e. The molecule has 10 heteroatoms. The van der Waals surface area contributed by atoms with E-state index < -0.39 is 12.2 Å². The average Bonchev–Trinajstić information content (AvgIpc) is 3.61. The molecule has 0 saturated heterocycles. The second-order valence-electron chi connectivity index (χ2n) is 10.2. The van der Waals surface area contributed by atoms with Crippen LogP contribution in [0.2, 0.25) is 5.02 Å². The van der Waals surface area contributed by atoms with Crippen molar-refractivity contribution in [2.24, 2.45) is 0 Å². The molecule has 0 bridgehead atoms. The minimum atomic E-state index is -0.597. The van der Waals surface area contributed by atoms with Gasteiger partial charge in [-0.05, 0) is 66.9 Å². The molecule has 6 rings (SSSR count). The summed E-state index contributed by atoms with van der Waals surface area (Å²) in [4.78, 5) is 18.8. The number of amides is 1. The van der Waals surface area contributed by atoms with E-state index in [0.717, 1.165) is 33.3 Å². The molecule has 1 aliphatic heterocycles. The Labute approximate surface area is 242 Å². The van der Waals surface area contributed by atoms with E-state index in [1.165, 1.54) is 0 Å². The number of aliphatic hydroxyl groups excluding tert-OH is 1. The number of carbonyl (C=O) groups excluding carboxylic acids is 1. The summed E-state index contributed by atoms with van der Waals surface area (Å²) < 4.78 is 13.3. The molecule has 0 saturated carbocycles. The lowest BCUT2D eigenvalue weighted by Gasteiger charge is -2.35. The third-order valence-electron chi connectivity index (χ3n) is 7.34. The first-order chi connectivity index (χ1) is 19.9. The van der Waals surface area contributed by atoms with Crippen LogP contribution in [0.1, 0.15) is 34.8 Å². The maximum Gasteiger partial charge on any atom is 0.416 e. The number of fused-ring (bicyclic) bond motifs is 3. The van der Waals surface area contributed by atoms with Gasteiger partial charge in [0.25, 0.3) is 0 Å². The molecule has 9 nitrogen and oxygen atoms in total. The van der Waals surface area contributed by atoms with Crippen molar-refractivity contribution in [1.29, 1.82) is 0 Å². The fourth-order valence-corrected chi connectivity index (χ4v) is 5.44. The lowest BCUT2D eigenvalue weighted by atomic mass is 9.92. The Morgan fingerprint density at radius 3 is 2.66 bits per heavy atom. The third kappa shape index (κ3) is 5.91. The first-order valence-corrected chi connectivity index (χ1v) is 13.9. The number of hydrogen-bond donors (Lipinski definition) is 2. The van der Waals surface area contributed by atoms with Crippen molar-refractivity contribution in [2.45, 2.75) is 38.5 Å². The van der Waals surface area contributed by atoms with E-state index in [9.17, 15) is 9.90 Å². The molecule has 5 aromatic rings. The lowest BCUT2D eigenvalue weighted by molar-refractivity contribution is 0.118. The van der Waals surface area contributed by atoms with E-state index in [0.29, 0.717) is 49.1 Å². The average molecular weight is 572 g/mol. The van der Waals surface area contributed by atoms with Gasteiger partial charge in [0.1, 0.15) is 17.5 Å². The summed E-state index contributed by atoms with van der Waals surface area (Å²) in [5.41, 5.74) is 5.08. The molecule has 3 aromatic carbocycles. The van der Waals surface area contributed by atoms with Gasteiger partial charge in [-0.2, -0.15) is 0 Å². The standard InChI is InChI=1S/C31H30ClN5O4/c1-20-2-7-25(8-3-20)41-31(39)37-15-12-26-27-18-22(32)6-11-28(27)34-29(26)30(37)21-4-9-24(10-5-21)40-17-13-23(38)19-36-16-14-33-35-36/h2-11,14,16,18,23,30,34,38H,12-13,15,17,19H2,1H3. The Balaban J connectivity index is 1.23. The number of aryl methyl sites for hydroxylation is 1. The van der Waals surface area contributed by atoms with Crippen LogP contribution in [0.3, 0.4) is 0 Å². The van der Waals surface area contributed by atoms with Crippen molar-refractivity contribution < 1.29 is 19.4 Å². The van der Waals surface area contributed by atoms with Crippen molar-refractivity contribution in [3.8, 4) is 11.5 Å². The molecule has 2 unspecified atom stereocenters. The molecular weight excluding hydrogens is 542 g/mol. The van der Waals surface area contributed by atoms with E-state index in [2.05, 4.69) is 15.3 Å². The van der Waals surface area contributed by atoms with E-state index >= 15 is 0 Å². The number of nitrogens with zero attached hydrogens (tertiary/aromatic N) is 4. The number of aromatic nitrogens is 4. The van der Waals surface area contributed by atoms with Gasteiger partial charge in [-0.1, -0.05) is 46.6 Å². The predicted octanol–water partition coefficient (Wildman–Crippen LogP) is 5.70. The van der Waals surface area contributed by atoms with Crippen molar-refractivity contribution in [2.75, 3.05) is 13.2 Å². The van der Waals surface area contributed by atoms with Crippen molar-refractivity contribution in [1.82, 2.24) is 24.9 Å². The molecule has 0 radical (unpaired) electrons. The Bertz CT molecular complexity index is 1630. The van der Waals surface area contributed by atoms with Gasteiger partial charge >= 0.3 is 6.09 Å². The van der Waals surface area contributed by atoms with Gasteiger partial charge in [-0.15, -0.1) is 5.10 Å². The van der Waals surface area contributed by atoms with Crippen LogP contribution < -0.4 is 9.47 Å². The molecule has 2 atom stereocenters. The summed E-state index contributed by atoms with van der Waals surface area (Å²) in [7, 11) is 0. The zero-order valence-electron chi connectivity index (χ0n) is 22.5. The minimum absolute atomic E-state index is 0.348. The fraction of sp³-hybridized carbons (Fsp3) is 0.258. The van der Waals surface area contributed by atoms with E-state index in [1.807, 2.05) is 61.5 Å². The second kappa shape index (κ2) is 11.6. The first-order valence-electron chi connectivity index (χ1n) is 13.5. The summed E-state index contributed by atoms with van der Waals surface area (Å²) in [6, 6.07) is 20.6. The van der Waals surface area contributed by atoms with Crippen LogP contribution >= 0.6 is 11.6 Å². The van der Waals surface area contributed by atoms with Crippen molar-refractivity contribution in [3.05, 3.63) is 107 Å². The highest BCUT2D eigenvalue weighted by Crippen LogP contribution is 2.40. The third-order valence-corrected chi connectivity index (χ3v) is 7.57. The number of hydrogen-bond acceptors (Lipinski definition) is 6. The van der Waals surface area contributed by atoms with Gasteiger partial charge in [0, 0.05) is 40.8 Å². The lowest BCUT2D eigenvalue weighted by Crippen LogP contribution is -2.42. The van der Waals surface area contributed by atoms with E-state index in [1.54, 1.807) is 34.1 Å². The Kier molecular flexibility index (Phi) is 7.63. The molecule has 41 heavy (non-hydrogen) atoms. The summed E-state index contributed by atoms with van der Waals surface area (Å²) in [6.07, 6.45) is 3.40. The molecule has 0 spiro atoms. The van der Waals surface area contributed by atoms with Crippen molar-refractivity contribution >= 4 is 28.6 Å². The summed E-state index contributed by atoms with van der Waals surface area (Å²) in [5, 5.41) is 19.6. The van der Waals surface area contributed by atoms with Crippen molar-refractivity contribution in [3.63, 3.8) is 0 Å². The smallest absolute Gasteiger partial charge is 0.416 e. The molecule has 1 amide bonds. The molecule has 0 fully saturated rings. The molecule has 0 aliphatic carbocycles. The van der Waals surface area contributed by atoms with Gasteiger partial charge in [0.2, 0.25) is 0 Å². The number of rotatable bonds is 8. The second-order valence-corrected chi connectivity index (χ2v) is 10.7. The van der Waals surface area contributed by atoms with Crippen LogP contribution in [-0.2, 0) is 13.0 Å². The number of ether oxygens (including phenoxy) is 2. The zero-order chi connectivity index (χ0) is 28.3. The molecule has 3 heterocycles. The van der Waals surface area contributed by atoms with Gasteiger partial charge in [0.15, 0.2) is 0 Å². The van der Waals surface area contributed by atoms with Crippen LogP contribution in [0, 0.1) is 6.92 Å². The summed E-state index contributed by atoms with van der Waals surface area (Å²) in [6.45, 7) is 3.19. The number of aromatic amines is 1. The maximum absolute atomic E-state index is 13.5. The number of nitrogens with one attached hydrogen (secondary N) is 1. The summed E-state index contributed by atoms with van der Waals surface area (Å²) in [5.74, 6) is 1.18. The number of carbonyl (C=O) groups is 1. The van der Waals surface area contributed by atoms with Gasteiger partial charge < -0.3 is 19.6 Å². The largest absolute Gasteiger partial charge is 0.493 e. The van der Waals surface area contributed by atoms with Gasteiger partial charge in [0.05, 0.1) is 25.5 Å². The van der Waals surface area contributed by atoms with E-state index in [4.69, 9.17) is 21.1 Å². The Morgan fingerprint density at radius 2 is 1.90 bits per heavy atom. The molecule has 2 N–H and O–H groups in total. The number of H-pyrrole nitrogens is 1. The van der Waals surface area contributed by atoms with Gasteiger partial charge in [-0.25, -0.2) is 9.48 Å². The fourth-order valence-electron chi connectivity index (χ4n) is 5.27. The van der Waals surface area contributed by atoms with Crippen LogP contribution in [0.5, 0.6) is 11.5 Å². The molecule has 1 aliphatic rings. The van der Waals surface area contributed by atoms with Crippen LogP contribution in [0.4, 0.5) is 4.79 Å². The van der Waals surface area contributed by atoms with Crippen LogP contribution in [0.25, 0.3) is 10.9 Å². The SMILES string of the molecule is Cc1ccc(OC(=O)N2CCc3c([nH]c4ccc(Cl)cc34)C2c2ccc(OCCC(O)Cn3ccnn3)cc2)cc1. The van der Waals surface area contributed by atoms with E-state index in [-0.39, 0.29) is 6.04 Å². The van der Waals surface area contributed by atoms with Gasteiger partial charge in [-0.3, -0.25) is 4.90 Å². The predicted molar refractivity (Wildman–Crippen MR) is 155 cm³/mol. The first kappa shape index (κ1) is 26.9. The Hall–Kier alpha value is -4.34. The highest BCUT2D eigenvalue weighted by Gasteiger charge is 2.35. The normalized spacial score (nSPS) is 15.5. The molecule has 210 valence electrons. The Morgan fingerprint density at radius 1 is 1.12 bits per heavy atom. The molecular formula is C31H30ClN5O4. The number of halogens is 1. The quantitative estimate of drug-likeness (QED) is 0.248. The van der Waals surface area contributed by atoms with Crippen LogP contribution in [0.15, 0.2) is 79.1 Å². The zero-order valence-corrected chi connectivity index (χ0v) is 23.3. The molecule has 2 aromatic heterocycles. The number of benzene rings is 3. The highest BCUT2D eigenvalue weighted by atomic mass is 35.5. The summed E-state index contributed by atoms with van der Waals surface area (Å²) >= 11 is 6.33. The monoisotopic (exact) mass is 571 g/mol. The topological polar surface area (TPSA) is 106 Å². The highest BCUT2D eigenvalue weighted by molar-refractivity contribution is 6.31. The number of aliphatic hydroxyl groups is 1.